The van der Waals surface area contributed by atoms with Crippen molar-refractivity contribution in [3.63, 3.8) is 0 Å². The van der Waals surface area contributed by atoms with Crippen molar-refractivity contribution in [1.29, 1.82) is 0 Å². The fraction of sp³-hybridized carbons (Fsp3) is 0.700. The van der Waals surface area contributed by atoms with E-state index in [0.717, 1.165) is 12.8 Å². The number of aliphatic hydroxyl groups excluding tert-OH is 1. The Kier molecular flexibility index (Phi) is 2.69. The molecule has 0 amide bonds. The Morgan fingerprint density at radius 2 is 2.06 bits per heavy atom. The first-order chi connectivity index (χ1) is 7.41. The van der Waals surface area contributed by atoms with Crippen LogP contribution in [-0.2, 0) is 13.0 Å². The molecule has 0 fully saturated rings. The number of aryl methyl sites for hydroxylation is 1. The molecule has 0 saturated carbocycles. The summed E-state index contributed by atoms with van der Waals surface area (Å²) in [6.07, 6.45) is -4.74. The molecule has 0 aliphatic carbocycles. The summed E-state index contributed by atoms with van der Waals surface area (Å²) < 4.78 is 39.0. The van der Waals surface area contributed by atoms with Crippen molar-refractivity contribution >= 4 is 0 Å². The van der Waals surface area contributed by atoms with E-state index in [4.69, 9.17) is 0 Å². The van der Waals surface area contributed by atoms with Gasteiger partial charge in [0.15, 0.2) is 6.10 Å². The van der Waals surface area contributed by atoms with Crippen LogP contribution in [0.2, 0.25) is 0 Å². The second-order valence-electron chi connectivity index (χ2n) is 4.04. The first-order valence-electron chi connectivity index (χ1n) is 5.22. The van der Waals surface area contributed by atoms with Gasteiger partial charge in [-0.05, 0) is 26.2 Å². The van der Waals surface area contributed by atoms with Gasteiger partial charge >= 0.3 is 6.18 Å². The topological polar surface area (TPSA) is 38.1 Å². The number of hydrogen-bond acceptors (Lipinski definition) is 2. The predicted octanol–water partition coefficient (Wildman–Crippen LogP) is 2.12. The van der Waals surface area contributed by atoms with E-state index in [1.165, 1.54) is 0 Å². The fourth-order valence-corrected chi connectivity index (χ4v) is 2.13. The molecule has 3 nitrogen and oxygen atoms in total. The van der Waals surface area contributed by atoms with Gasteiger partial charge in [0.25, 0.3) is 0 Å². The Hall–Kier alpha value is -1.04. The molecule has 0 radical (unpaired) electrons. The summed E-state index contributed by atoms with van der Waals surface area (Å²) in [6.45, 7) is 2.36. The first kappa shape index (κ1) is 11.4. The van der Waals surface area contributed by atoms with E-state index >= 15 is 0 Å². The van der Waals surface area contributed by atoms with Crippen molar-refractivity contribution in [2.75, 3.05) is 0 Å². The molecule has 1 unspecified atom stereocenters. The zero-order valence-electron chi connectivity index (χ0n) is 8.88. The van der Waals surface area contributed by atoms with E-state index < -0.39 is 12.3 Å². The van der Waals surface area contributed by atoms with Crippen molar-refractivity contribution in [1.82, 2.24) is 9.55 Å². The van der Waals surface area contributed by atoms with Gasteiger partial charge in [0.1, 0.15) is 5.82 Å². The molecule has 16 heavy (non-hydrogen) atoms. The van der Waals surface area contributed by atoms with Crippen LogP contribution in [0, 0.1) is 6.92 Å². The summed E-state index contributed by atoms with van der Waals surface area (Å²) in [6, 6.07) is 0. The average Bonchev–Trinajstić information content (AvgIpc) is 2.55. The third kappa shape index (κ3) is 1.81. The highest BCUT2D eigenvalue weighted by atomic mass is 19.4. The molecule has 1 N–H and O–H groups in total. The second kappa shape index (κ2) is 3.76. The van der Waals surface area contributed by atoms with Gasteiger partial charge in [-0.15, -0.1) is 0 Å². The summed E-state index contributed by atoms with van der Waals surface area (Å²) in [5, 5.41) is 9.23. The highest BCUT2D eigenvalue weighted by Crippen LogP contribution is 2.35. The van der Waals surface area contributed by atoms with E-state index in [1.807, 2.05) is 0 Å². The molecule has 0 saturated heterocycles. The number of halogens is 3. The molecule has 0 aromatic carbocycles. The van der Waals surface area contributed by atoms with Crippen LogP contribution >= 0.6 is 0 Å². The zero-order valence-corrected chi connectivity index (χ0v) is 8.88. The van der Waals surface area contributed by atoms with Gasteiger partial charge in [0.2, 0.25) is 0 Å². The largest absolute Gasteiger partial charge is 0.420 e. The molecule has 0 spiro atoms. The molecular weight excluding hydrogens is 221 g/mol. The second-order valence-corrected chi connectivity index (χ2v) is 4.04. The minimum absolute atomic E-state index is 0.218. The summed E-state index contributed by atoms with van der Waals surface area (Å²) in [5.74, 6) is 0.549. The van der Waals surface area contributed by atoms with Crippen LogP contribution in [0.25, 0.3) is 0 Å². The molecule has 1 aliphatic rings. The van der Waals surface area contributed by atoms with E-state index in [9.17, 15) is 18.3 Å². The number of imidazole rings is 1. The normalized spacial score (nSPS) is 18.3. The molecule has 2 heterocycles. The maximum absolute atomic E-state index is 12.4. The minimum Gasteiger partial charge on any atom is -0.378 e. The highest BCUT2D eigenvalue weighted by Gasteiger charge is 2.42. The van der Waals surface area contributed by atoms with Gasteiger partial charge in [0.05, 0.1) is 5.69 Å². The van der Waals surface area contributed by atoms with Crippen molar-refractivity contribution in [2.24, 2.45) is 0 Å². The predicted molar refractivity (Wildman–Crippen MR) is 50.9 cm³/mol. The highest BCUT2D eigenvalue weighted by molar-refractivity contribution is 5.22. The van der Waals surface area contributed by atoms with Crippen LogP contribution in [0.15, 0.2) is 0 Å². The lowest BCUT2D eigenvalue weighted by molar-refractivity contribution is -0.208. The lowest BCUT2D eigenvalue weighted by Crippen LogP contribution is -2.23. The van der Waals surface area contributed by atoms with Gasteiger partial charge in [-0.25, -0.2) is 4.98 Å². The zero-order chi connectivity index (χ0) is 11.9. The van der Waals surface area contributed by atoms with E-state index in [-0.39, 0.29) is 5.69 Å². The fourth-order valence-electron chi connectivity index (χ4n) is 2.13. The lowest BCUT2D eigenvalue weighted by Gasteiger charge is -2.19. The quantitative estimate of drug-likeness (QED) is 0.808. The van der Waals surface area contributed by atoms with Crippen LogP contribution in [0.3, 0.4) is 0 Å². The molecule has 0 bridgehead atoms. The molecule has 2 rings (SSSR count). The van der Waals surface area contributed by atoms with Crippen LogP contribution in [0.1, 0.15) is 36.2 Å². The Morgan fingerprint density at radius 3 is 2.69 bits per heavy atom. The number of alkyl halides is 3. The maximum atomic E-state index is 12.4. The SMILES string of the molecule is Cc1nc(C(O)C(F)(F)F)c2n1CCCC2. The van der Waals surface area contributed by atoms with Crippen LogP contribution < -0.4 is 0 Å². The van der Waals surface area contributed by atoms with E-state index in [2.05, 4.69) is 4.98 Å². The number of hydrogen-bond donors (Lipinski definition) is 1. The summed E-state index contributed by atoms with van der Waals surface area (Å²) in [7, 11) is 0. The molecule has 1 atom stereocenters. The minimum atomic E-state index is -4.64. The maximum Gasteiger partial charge on any atom is 0.420 e. The van der Waals surface area contributed by atoms with Crippen molar-refractivity contribution in [3.05, 3.63) is 17.2 Å². The molecule has 90 valence electrons. The Balaban J connectivity index is 2.42. The molecule has 1 aromatic heterocycles. The van der Waals surface area contributed by atoms with E-state index in [0.29, 0.717) is 24.5 Å². The van der Waals surface area contributed by atoms with Crippen molar-refractivity contribution in [2.45, 2.75) is 45.0 Å². The standard InChI is InChI=1S/C10H13F3N2O/c1-6-14-8(9(16)10(11,12)13)7-4-2-3-5-15(6)7/h9,16H,2-5H2,1H3. The lowest BCUT2D eigenvalue weighted by atomic mass is 10.1. The third-order valence-corrected chi connectivity index (χ3v) is 2.91. The monoisotopic (exact) mass is 234 g/mol. The van der Waals surface area contributed by atoms with Crippen LogP contribution in [0.5, 0.6) is 0 Å². The third-order valence-electron chi connectivity index (χ3n) is 2.91. The van der Waals surface area contributed by atoms with Gasteiger partial charge in [-0.3, -0.25) is 0 Å². The Bertz CT molecular complexity index is 398. The molecular formula is C10H13F3N2O. The molecule has 1 aromatic rings. The number of nitrogens with zero attached hydrogens (tertiary/aromatic N) is 2. The number of aliphatic hydroxyl groups is 1. The van der Waals surface area contributed by atoms with Gasteiger partial charge in [-0.1, -0.05) is 0 Å². The van der Waals surface area contributed by atoms with E-state index in [1.54, 1.807) is 11.5 Å². The average molecular weight is 234 g/mol. The van der Waals surface area contributed by atoms with Gasteiger partial charge < -0.3 is 9.67 Å². The Morgan fingerprint density at radius 1 is 1.38 bits per heavy atom. The first-order valence-corrected chi connectivity index (χ1v) is 5.22. The van der Waals surface area contributed by atoms with Gasteiger partial charge in [-0.2, -0.15) is 13.2 Å². The molecule has 1 aliphatic heterocycles. The van der Waals surface area contributed by atoms with Crippen LogP contribution in [0.4, 0.5) is 13.2 Å². The van der Waals surface area contributed by atoms with Crippen molar-refractivity contribution in [3.8, 4) is 0 Å². The number of rotatable bonds is 1. The molecule has 6 heteroatoms. The van der Waals surface area contributed by atoms with Crippen molar-refractivity contribution < 1.29 is 18.3 Å². The summed E-state index contributed by atoms with van der Waals surface area (Å²) in [4.78, 5) is 3.85. The van der Waals surface area contributed by atoms with Crippen LogP contribution in [-0.4, -0.2) is 20.8 Å². The smallest absolute Gasteiger partial charge is 0.378 e. The van der Waals surface area contributed by atoms with Gasteiger partial charge in [0, 0.05) is 12.2 Å². The Labute approximate surface area is 90.9 Å². The number of fused-ring (bicyclic) bond motifs is 1. The summed E-state index contributed by atoms with van der Waals surface area (Å²) in [5.41, 5.74) is 0.318. The number of aromatic nitrogens is 2. The summed E-state index contributed by atoms with van der Waals surface area (Å²) >= 11 is 0.